The Bertz CT molecular complexity index is 500. The number of carboxylic acids is 1. The maximum absolute atomic E-state index is 10.9. The number of nitrogens with zero attached hydrogens (tertiary/aromatic N) is 1. The number of carbonyl (C=O) groups is 1. The van der Waals surface area contributed by atoms with Gasteiger partial charge in [-0.05, 0) is 47.7 Å². The minimum atomic E-state index is -1.03. The number of aliphatic carboxylic acids is 1. The highest BCUT2D eigenvalue weighted by Gasteiger charge is 2.34. The zero-order chi connectivity index (χ0) is 12.6. The summed E-state index contributed by atoms with van der Waals surface area (Å²) in [6, 6.07) is 4.11. The molecule has 0 saturated heterocycles. The summed E-state index contributed by atoms with van der Waals surface area (Å²) in [6.45, 7) is 1.64. The molecule has 0 aromatic heterocycles. The van der Waals surface area contributed by atoms with Crippen molar-refractivity contribution in [3.05, 3.63) is 27.3 Å². The molecule has 0 bridgehead atoms. The first-order chi connectivity index (χ1) is 7.99. The standard InChI is InChI=1S/C11H10INO4/c1-5-9(11(15)16)13-10(17-5)7-3-2-6(12)4-8(7)14/h2-5,9,14H,1H3,(H,15,16)/t5-,9+/m0/s1. The lowest BCUT2D eigenvalue weighted by Crippen LogP contribution is -2.27. The number of hydrogen-bond donors (Lipinski definition) is 2. The molecule has 0 spiro atoms. The summed E-state index contributed by atoms with van der Waals surface area (Å²) in [6.07, 6.45) is -0.527. The van der Waals surface area contributed by atoms with E-state index in [2.05, 4.69) is 27.6 Å². The van der Waals surface area contributed by atoms with Gasteiger partial charge in [-0.25, -0.2) is 9.79 Å². The van der Waals surface area contributed by atoms with Crippen LogP contribution in [0.4, 0.5) is 0 Å². The Morgan fingerprint density at radius 1 is 1.53 bits per heavy atom. The topological polar surface area (TPSA) is 79.1 Å². The van der Waals surface area contributed by atoms with E-state index in [4.69, 9.17) is 9.84 Å². The fourth-order valence-electron chi connectivity index (χ4n) is 1.58. The summed E-state index contributed by atoms with van der Waals surface area (Å²) < 4.78 is 6.23. The van der Waals surface area contributed by atoms with Crippen molar-refractivity contribution in [1.82, 2.24) is 0 Å². The summed E-state index contributed by atoms with van der Waals surface area (Å²) in [5, 5.41) is 18.7. The van der Waals surface area contributed by atoms with Gasteiger partial charge in [0.2, 0.25) is 5.90 Å². The second-order valence-corrected chi connectivity index (χ2v) is 4.95. The molecule has 2 rings (SSSR count). The number of ether oxygens (including phenoxy) is 1. The van der Waals surface area contributed by atoms with Crippen LogP contribution in [0.25, 0.3) is 0 Å². The van der Waals surface area contributed by atoms with Crippen LogP contribution in [-0.2, 0) is 9.53 Å². The minimum absolute atomic E-state index is 0.0360. The predicted octanol–water partition coefficient (Wildman–Crippen LogP) is 1.62. The van der Waals surface area contributed by atoms with E-state index in [0.29, 0.717) is 5.56 Å². The molecule has 6 heteroatoms. The number of aromatic hydroxyl groups is 1. The molecule has 2 atom stereocenters. The number of benzene rings is 1. The lowest BCUT2D eigenvalue weighted by atomic mass is 10.2. The van der Waals surface area contributed by atoms with Gasteiger partial charge in [0.1, 0.15) is 11.9 Å². The van der Waals surface area contributed by atoms with Crippen LogP contribution in [0.1, 0.15) is 12.5 Å². The summed E-state index contributed by atoms with van der Waals surface area (Å²) in [5.41, 5.74) is 0.418. The maximum Gasteiger partial charge on any atom is 0.332 e. The number of rotatable bonds is 2. The number of aliphatic imine (C=N–C) groups is 1. The predicted molar refractivity (Wildman–Crippen MR) is 69.3 cm³/mol. The van der Waals surface area contributed by atoms with E-state index >= 15 is 0 Å². The van der Waals surface area contributed by atoms with Crippen molar-refractivity contribution in [3.63, 3.8) is 0 Å². The van der Waals surface area contributed by atoms with Gasteiger partial charge in [-0.3, -0.25) is 0 Å². The molecule has 1 aromatic rings. The van der Waals surface area contributed by atoms with Crippen LogP contribution in [0.5, 0.6) is 5.75 Å². The maximum atomic E-state index is 10.9. The van der Waals surface area contributed by atoms with Crippen LogP contribution in [0.15, 0.2) is 23.2 Å². The van der Waals surface area contributed by atoms with E-state index in [1.54, 1.807) is 25.1 Å². The highest BCUT2D eigenvalue weighted by molar-refractivity contribution is 14.1. The Labute approximate surface area is 111 Å². The molecule has 0 unspecified atom stereocenters. The Morgan fingerprint density at radius 3 is 2.76 bits per heavy atom. The molecule has 1 aromatic carbocycles. The Balaban J connectivity index is 2.36. The van der Waals surface area contributed by atoms with Gasteiger partial charge in [0, 0.05) is 3.57 Å². The molecule has 1 heterocycles. The summed E-state index contributed by atoms with van der Waals surface area (Å²) in [5.74, 6) is -0.815. The van der Waals surface area contributed by atoms with E-state index in [9.17, 15) is 9.90 Å². The van der Waals surface area contributed by atoms with Crippen molar-refractivity contribution in [2.24, 2.45) is 4.99 Å². The Morgan fingerprint density at radius 2 is 2.24 bits per heavy atom. The van der Waals surface area contributed by atoms with Crippen LogP contribution in [0.3, 0.4) is 0 Å². The van der Waals surface area contributed by atoms with Gasteiger partial charge in [-0.1, -0.05) is 0 Å². The first-order valence-corrected chi connectivity index (χ1v) is 6.03. The quantitative estimate of drug-likeness (QED) is 0.797. The fourth-order valence-corrected chi connectivity index (χ4v) is 2.05. The first-order valence-electron chi connectivity index (χ1n) is 4.95. The van der Waals surface area contributed by atoms with Crippen LogP contribution < -0.4 is 0 Å². The van der Waals surface area contributed by atoms with E-state index < -0.39 is 18.1 Å². The third-order valence-electron chi connectivity index (χ3n) is 2.44. The van der Waals surface area contributed by atoms with Crippen molar-refractivity contribution >= 4 is 34.5 Å². The normalized spacial score (nSPS) is 23.1. The number of carboxylic acid groups (broad SMARTS) is 1. The molecule has 0 aliphatic carbocycles. The Hall–Kier alpha value is -1.31. The molecule has 2 N–H and O–H groups in total. The monoisotopic (exact) mass is 347 g/mol. The van der Waals surface area contributed by atoms with Gasteiger partial charge in [-0.15, -0.1) is 0 Å². The van der Waals surface area contributed by atoms with Gasteiger partial charge in [0.15, 0.2) is 6.04 Å². The second-order valence-electron chi connectivity index (χ2n) is 3.70. The molecule has 0 fully saturated rings. The van der Waals surface area contributed by atoms with E-state index in [1.165, 1.54) is 0 Å². The van der Waals surface area contributed by atoms with Crippen molar-refractivity contribution in [3.8, 4) is 5.75 Å². The van der Waals surface area contributed by atoms with E-state index in [0.717, 1.165) is 3.57 Å². The summed E-state index contributed by atoms with van der Waals surface area (Å²) in [4.78, 5) is 14.8. The van der Waals surface area contributed by atoms with Gasteiger partial charge < -0.3 is 14.9 Å². The average molecular weight is 347 g/mol. The smallest absolute Gasteiger partial charge is 0.332 e. The van der Waals surface area contributed by atoms with Crippen molar-refractivity contribution < 1.29 is 19.7 Å². The lowest BCUT2D eigenvalue weighted by molar-refractivity contribution is -0.139. The molecule has 90 valence electrons. The number of hydrogen-bond acceptors (Lipinski definition) is 4. The third-order valence-corrected chi connectivity index (χ3v) is 3.11. The molecule has 1 aliphatic heterocycles. The van der Waals surface area contributed by atoms with Crippen molar-refractivity contribution in [1.29, 1.82) is 0 Å². The number of phenols is 1. The van der Waals surface area contributed by atoms with Gasteiger partial charge in [-0.2, -0.15) is 0 Å². The lowest BCUT2D eigenvalue weighted by Gasteiger charge is -2.09. The number of halogens is 1. The van der Waals surface area contributed by atoms with Gasteiger partial charge in [0.25, 0.3) is 0 Å². The first kappa shape index (κ1) is 12.2. The second kappa shape index (κ2) is 4.52. The van der Waals surface area contributed by atoms with E-state index in [1.807, 2.05) is 0 Å². The Kier molecular flexibility index (Phi) is 3.23. The molecule has 17 heavy (non-hydrogen) atoms. The largest absolute Gasteiger partial charge is 0.507 e. The van der Waals surface area contributed by atoms with E-state index in [-0.39, 0.29) is 11.6 Å². The summed E-state index contributed by atoms with van der Waals surface area (Å²) >= 11 is 2.07. The van der Waals surface area contributed by atoms with Gasteiger partial charge >= 0.3 is 5.97 Å². The molecule has 5 nitrogen and oxygen atoms in total. The molecular formula is C11H10INO4. The third kappa shape index (κ3) is 2.36. The highest BCUT2D eigenvalue weighted by atomic mass is 127. The van der Waals surface area contributed by atoms with Crippen molar-refractivity contribution in [2.45, 2.75) is 19.1 Å². The molecule has 0 amide bonds. The molecular weight excluding hydrogens is 337 g/mol. The molecule has 0 saturated carbocycles. The zero-order valence-corrected chi connectivity index (χ0v) is 11.1. The minimum Gasteiger partial charge on any atom is -0.507 e. The molecule has 0 radical (unpaired) electrons. The average Bonchev–Trinajstić information content (AvgIpc) is 2.60. The SMILES string of the molecule is C[C@@H]1OC(c2ccc(I)cc2O)=N[C@H]1C(=O)O. The molecule has 1 aliphatic rings. The van der Waals surface area contributed by atoms with Crippen LogP contribution >= 0.6 is 22.6 Å². The zero-order valence-electron chi connectivity index (χ0n) is 8.92. The van der Waals surface area contributed by atoms with Crippen LogP contribution in [0, 0.1) is 3.57 Å². The summed E-state index contributed by atoms with van der Waals surface area (Å²) in [7, 11) is 0. The van der Waals surface area contributed by atoms with Crippen LogP contribution in [0.2, 0.25) is 0 Å². The number of phenolic OH excluding ortho intramolecular Hbond substituents is 1. The van der Waals surface area contributed by atoms with Gasteiger partial charge in [0.05, 0.1) is 5.56 Å². The highest BCUT2D eigenvalue weighted by Crippen LogP contribution is 2.25. The fraction of sp³-hybridized carbons (Fsp3) is 0.273. The van der Waals surface area contributed by atoms with Crippen molar-refractivity contribution in [2.75, 3.05) is 0 Å². The van der Waals surface area contributed by atoms with Crippen LogP contribution in [-0.4, -0.2) is 34.2 Å².